The first-order chi connectivity index (χ1) is 8.24. The monoisotopic (exact) mass is 230 g/mol. The third kappa shape index (κ3) is 2.56. The zero-order valence-electron chi connectivity index (χ0n) is 10.5. The van der Waals surface area contributed by atoms with Crippen LogP contribution in [0.5, 0.6) is 0 Å². The maximum atomic E-state index is 5.78. The molecule has 0 saturated carbocycles. The van der Waals surface area contributed by atoms with E-state index >= 15 is 0 Å². The maximum Gasteiger partial charge on any atom is 0.125 e. The molecular weight excluding hydrogens is 212 g/mol. The third-order valence-corrected chi connectivity index (χ3v) is 2.87. The van der Waals surface area contributed by atoms with Gasteiger partial charge >= 0.3 is 0 Å². The fourth-order valence-corrected chi connectivity index (χ4v) is 1.86. The van der Waals surface area contributed by atoms with E-state index in [2.05, 4.69) is 23.3 Å². The molecule has 90 valence electrons. The smallest absolute Gasteiger partial charge is 0.125 e. The van der Waals surface area contributed by atoms with Gasteiger partial charge in [0.25, 0.3) is 0 Å². The zero-order chi connectivity index (χ0) is 12.3. The van der Waals surface area contributed by atoms with E-state index in [1.54, 1.807) is 0 Å². The van der Waals surface area contributed by atoms with E-state index in [9.17, 15) is 0 Å². The second-order valence-corrected chi connectivity index (χ2v) is 4.11. The highest BCUT2D eigenvalue weighted by Crippen LogP contribution is 2.23. The first-order valence-corrected chi connectivity index (χ1v) is 5.93. The molecule has 2 rings (SSSR count). The van der Waals surface area contributed by atoms with Crippen LogP contribution in [0.15, 0.2) is 34.9 Å². The maximum absolute atomic E-state index is 5.78. The number of nitrogens with one attached hydrogen (secondary N) is 1. The van der Waals surface area contributed by atoms with Crippen LogP contribution in [0, 0.1) is 6.92 Å². The lowest BCUT2D eigenvalue weighted by molar-refractivity contribution is 0.433. The van der Waals surface area contributed by atoms with Crippen molar-refractivity contribution in [2.75, 3.05) is 7.05 Å². The van der Waals surface area contributed by atoms with Gasteiger partial charge in [-0.3, -0.25) is 4.98 Å². The van der Waals surface area contributed by atoms with Crippen molar-refractivity contribution in [2.45, 2.75) is 26.3 Å². The molecule has 0 aromatic carbocycles. The molecule has 0 amide bonds. The summed E-state index contributed by atoms with van der Waals surface area (Å²) < 4.78 is 5.78. The molecule has 0 radical (unpaired) electrons. The minimum Gasteiger partial charge on any atom is -0.464 e. The highest BCUT2D eigenvalue weighted by molar-refractivity contribution is 5.26. The van der Waals surface area contributed by atoms with E-state index in [0.29, 0.717) is 0 Å². The lowest BCUT2D eigenvalue weighted by Crippen LogP contribution is -2.17. The van der Waals surface area contributed by atoms with E-state index in [-0.39, 0.29) is 6.04 Å². The number of pyridine rings is 1. The van der Waals surface area contributed by atoms with Gasteiger partial charge in [-0.2, -0.15) is 0 Å². The molecule has 1 atom stereocenters. The molecule has 17 heavy (non-hydrogen) atoms. The largest absolute Gasteiger partial charge is 0.464 e. The highest BCUT2D eigenvalue weighted by atomic mass is 16.3. The van der Waals surface area contributed by atoms with E-state index < -0.39 is 0 Å². The van der Waals surface area contributed by atoms with Crippen molar-refractivity contribution < 1.29 is 4.42 Å². The van der Waals surface area contributed by atoms with Gasteiger partial charge in [0, 0.05) is 18.3 Å². The number of hydrogen-bond acceptors (Lipinski definition) is 3. The van der Waals surface area contributed by atoms with Crippen LogP contribution in [0.4, 0.5) is 0 Å². The molecule has 0 aliphatic rings. The quantitative estimate of drug-likeness (QED) is 0.877. The second-order valence-electron chi connectivity index (χ2n) is 4.11. The Hall–Kier alpha value is -1.61. The van der Waals surface area contributed by atoms with Gasteiger partial charge in [-0.05, 0) is 37.7 Å². The van der Waals surface area contributed by atoms with Gasteiger partial charge in [0.05, 0.1) is 6.04 Å². The molecule has 0 spiro atoms. The first-order valence-electron chi connectivity index (χ1n) is 5.93. The molecule has 0 fully saturated rings. The lowest BCUT2D eigenvalue weighted by atomic mass is 10.1. The molecule has 2 aromatic rings. The summed E-state index contributed by atoms with van der Waals surface area (Å²) in [5.74, 6) is 1.95. The SMILES string of the molecule is CCc1ccc(C(NC)c2ccc(C)nc2)o1. The first kappa shape index (κ1) is 11.9. The highest BCUT2D eigenvalue weighted by Gasteiger charge is 2.15. The topological polar surface area (TPSA) is 38.1 Å². The van der Waals surface area contributed by atoms with Crippen molar-refractivity contribution in [3.63, 3.8) is 0 Å². The van der Waals surface area contributed by atoms with Crippen molar-refractivity contribution in [1.29, 1.82) is 0 Å². The fraction of sp³-hybridized carbons (Fsp3) is 0.357. The molecule has 0 saturated heterocycles. The molecule has 3 nitrogen and oxygen atoms in total. The minimum absolute atomic E-state index is 0.0726. The number of aryl methyl sites for hydroxylation is 2. The third-order valence-electron chi connectivity index (χ3n) is 2.87. The standard InChI is InChI=1S/C14H18N2O/c1-4-12-7-8-13(17-12)14(15-3)11-6-5-10(2)16-9-11/h5-9,14-15H,4H2,1-3H3. The Balaban J connectivity index is 2.29. The Bertz CT molecular complexity index is 473. The number of hydrogen-bond donors (Lipinski definition) is 1. The van der Waals surface area contributed by atoms with Crippen LogP contribution in [0.1, 0.15) is 35.7 Å². The molecule has 1 N–H and O–H groups in total. The predicted molar refractivity (Wildman–Crippen MR) is 68.0 cm³/mol. The summed E-state index contributed by atoms with van der Waals surface area (Å²) in [7, 11) is 1.93. The summed E-state index contributed by atoms with van der Waals surface area (Å²) in [6.07, 6.45) is 2.81. The molecule has 0 aliphatic carbocycles. The zero-order valence-corrected chi connectivity index (χ0v) is 10.5. The summed E-state index contributed by atoms with van der Waals surface area (Å²) >= 11 is 0. The van der Waals surface area contributed by atoms with Crippen LogP contribution >= 0.6 is 0 Å². The number of aromatic nitrogens is 1. The van der Waals surface area contributed by atoms with Crippen LogP contribution in [0.2, 0.25) is 0 Å². The predicted octanol–water partition coefficient (Wildman–Crippen LogP) is 2.85. The number of rotatable bonds is 4. The van der Waals surface area contributed by atoms with E-state index in [4.69, 9.17) is 4.42 Å². The molecule has 0 bridgehead atoms. The Labute approximate surface area is 102 Å². The summed E-state index contributed by atoms with van der Waals surface area (Å²) in [6.45, 7) is 4.07. The Morgan fingerprint density at radius 3 is 2.65 bits per heavy atom. The van der Waals surface area contributed by atoms with Crippen LogP contribution in [-0.4, -0.2) is 12.0 Å². The van der Waals surface area contributed by atoms with Gasteiger partial charge < -0.3 is 9.73 Å². The van der Waals surface area contributed by atoms with Crippen LogP contribution in [-0.2, 0) is 6.42 Å². The minimum atomic E-state index is 0.0726. The normalized spacial score (nSPS) is 12.6. The summed E-state index contributed by atoms with van der Waals surface area (Å²) in [4.78, 5) is 4.32. The van der Waals surface area contributed by atoms with Crippen molar-refractivity contribution >= 4 is 0 Å². The van der Waals surface area contributed by atoms with Gasteiger partial charge in [-0.15, -0.1) is 0 Å². The van der Waals surface area contributed by atoms with Crippen LogP contribution < -0.4 is 5.32 Å². The van der Waals surface area contributed by atoms with Gasteiger partial charge in [-0.1, -0.05) is 13.0 Å². The average molecular weight is 230 g/mol. The van der Waals surface area contributed by atoms with Crippen molar-refractivity contribution in [2.24, 2.45) is 0 Å². The van der Waals surface area contributed by atoms with Crippen molar-refractivity contribution in [3.05, 3.63) is 53.2 Å². The Morgan fingerprint density at radius 1 is 1.29 bits per heavy atom. The molecular formula is C14H18N2O. The Morgan fingerprint density at radius 2 is 2.12 bits per heavy atom. The van der Waals surface area contributed by atoms with Gasteiger partial charge in [0.1, 0.15) is 11.5 Å². The summed E-state index contributed by atoms with van der Waals surface area (Å²) in [6, 6.07) is 8.23. The molecule has 3 heteroatoms. The van der Waals surface area contributed by atoms with Gasteiger partial charge in [0.15, 0.2) is 0 Å². The van der Waals surface area contributed by atoms with E-state index in [1.165, 1.54) is 0 Å². The Kier molecular flexibility index (Phi) is 3.59. The lowest BCUT2D eigenvalue weighted by Gasteiger charge is -2.13. The summed E-state index contributed by atoms with van der Waals surface area (Å²) in [5.41, 5.74) is 2.15. The van der Waals surface area contributed by atoms with Gasteiger partial charge in [-0.25, -0.2) is 0 Å². The van der Waals surface area contributed by atoms with Gasteiger partial charge in [0.2, 0.25) is 0 Å². The second kappa shape index (κ2) is 5.15. The molecule has 2 aromatic heterocycles. The fourth-order valence-electron chi connectivity index (χ4n) is 1.86. The van der Waals surface area contributed by atoms with Crippen molar-refractivity contribution in [3.8, 4) is 0 Å². The van der Waals surface area contributed by atoms with E-state index in [1.807, 2.05) is 38.4 Å². The molecule has 2 heterocycles. The van der Waals surface area contributed by atoms with E-state index in [0.717, 1.165) is 29.2 Å². The average Bonchev–Trinajstić information content (AvgIpc) is 2.81. The molecule has 0 aliphatic heterocycles. The van der Waals surface area contributed by atoms with Crippen molar-refractivity contribution in [1.82, 2.24) is 10.3 Å². The van der Waals surface area contributed by atoms with Crippen LogP contribution in [0.3, 0.4) is 0 Å². The summed E-state index contributed by atoms with van der Waals surface area (Å²) in [5, 5.41) is 3.26. The number of nitrogens with zero attached hydrogens (tertiary/aromatic N) is 1. The number of furan rings is 1. The molecule has 1 unspecified atom stereocenters. The van der Waals surface area contributed by atoms with Crippen LogP contribution in [0.25, 0.3) is 0 Å².